The van der Waals surface area contributed by atoms with Gasteiger partial charge >= 0.3 is 0 Å². The summed E-state index contributed by atoms with van der Waals surface area (Å²) in [5.74, 6) is 0.0716. The topological polar surface area (TPSA) is 72.2 Å². The molecule has 1 aromatic rings. The van der Waals surface area contributed by atoms with E-state index < -0.39 is 9.84 Å². The van der Waals surface area contributed by atoms with Gasteiger partial charge in [0.2, 0.25) is 0 Å². The fourth-order valence-electron chi connectivity index (χ4n) is 1.01. The van der Waals surface area contributed by atoms with Gasteiger partial charge in [-0.05, 0) is 5.92 Å². The van der Waals surface area contributed by atoms with Crippen LogP contribution in [0.4, 0.5) is 0 Å². The van der Waals surface area contributed by atoms with Gasteiger partial charge in [0.25, 0.3) is 0 Å². The van der Waals surface area contributed by atoms with Crippen molar-refractivity contribution in [2.24, 2.45) is 5.92 Å². The molecule has 0 aromatic carbocycles. The van der Waals surface area contributed by atoms with Crippen LogP contribution in [-0.2, 0) is 16.4 Å². The number of sulfone groups is 1. The monoisotopic (exact) mass is 218 g/mol. The third-order valence-electron chi connectivity index (χ3n) is 1.85. The second-order valence-electron chi connectivity index (χ2n) is 3.46. The number of nitrogens with zero attached hydrogens (tertiary/aromatic N) is 2. The molecular formula is C8H14N2O3S. The van der Waals surface area contributed by atoms with Crippen molar-refractivity contribution < 1.29 is 13.5 Å². The molecule has 0 fully saturated rings. The van der Waals surface area contributed by atoms with E-state index >= 15 is 0 Å². The Bertz CT molecular complexity index is 396. The van der Waals surface area contributed by atoms with Gasteiger partial charge in [0.05, 0.1) is 6.20 Å². The Balaban J connectivity index is 2.79. The van der Waals surface area contributed by atoms with Gasteiger partial charge < -0.3 is 5.11 Å². The highest BCUT2D eigenvalue weighted by Crippen LogP contribution is 2.07. The predicted octanol–water partition coefficient (Wildman–Crippen LogP) is -0.0850. The van der Waals surface area contributed by atoms with E-state index in [2.05, 4.69) is 5.10 Å². The molecule has 0 aliphatic carbocycles. The first-order valence-corrected chi connectivity index (χ1v) is 6.16. The summed E-state index contributed by atoms with van der Waals surface area (Å²) in [5.41, 5.74) is 0. The van der Waals surface area contributed by atoms with Gasteiger partial charge in [-0.1, -0.05) is 6.92 Å². The highest BCUT2D eigenvalue weighted by molar-refractivity contribution is 7.90. The first kappa shape index (κ1) is 11.2. The maximum absolute atomic E-state index is 11.1. The number of aliphatic hydroxyl groups is 1. The molecule has 1 rings (SSSR count). The van der Waals surface area contributed by atoms with Gasteiger partial charge in [-0.3, -0.25) is 4.68 Å². The van der Waals surface area contributed by atoms with Gasteiger partial charge in [-0.15, -0.1) is 0 Å². The summed E-state index contributed by atoms with van der Waals surface area (Å²) in [6, 6.07) is 0. The van der Waals surface area contributed by atoms with Crippen LogP contribution in [0.3, 0.4) is 0 Å². The summed E-state index contributed by atoms with van der Waals surface area (Å²) in [5, 5.41) is 12.7. The maximum atomic E-state index is 11.1. The average Bonchev–Trinajstić information content (AvgIpc) is 2.51. The minimum Gasteiger partial charge on any atom is -0.396 e. The Morgan fingerprint density at radius 3 is 2.71 bits per heavy atom. The van der Waals surface area contributed by atoms with Crippen molar-refractivity contribution in [3.63, 3.8) is 0 Å². The number of hydrogen-bond acceptors (Lipinski definition) is 4. The minimum atomic E-state index is -3.17. The normalized spacial score (nSPS) is 14.2. The highest BCUT2D eigenvalue weighted by atomic mass is 32.2. The Morgan fingerprint density at radius 1 is 1.64 bits per heavy atom. The second-order valence-corrected chi connectivity index (χ2v) is 5.47. The third-order valence-corrected chi connectivity index (χ3v) is 2.92. The summed E-state index contributed by atoms with van der Waals surface area (Å²) >= 11 is 0. The van der Waals surface area contributed by atoms with Gasteiger partial charge in [0.1, 0.15) is 4.90 Å². The summed E-state index contributed by atoms with van der Waals surface area (Å²) < 4.78 is 23.7. The van der Waals surface area contributed by atoms with Crippen molar-refractivity contribution in [3.05, 3.63) is 12.4 Å². The molecule has 1 N–H and O–H groups in total. The maximum Gasteiger partial charge on any atom is 0.178 e. The van der Waals surface area contributed by atoms with Crippen LogP contribution in [0.2, 0.25) is 0 Å². The van der Waals surface area contributed by atoms with E-state index in [0.29, 0.717) is 6.54 Å². The van der Waals surface area contributed by atoms with Crippen LogP contribution in [0.25, 0.3) is 0 Å². The van der Waals surface area contributed by atoms with E-state index in [0.717, 1.165) is 6.26 Å². The number of hydrogen-bond donors (Lipinski definition) is 1. The molecule has 5 nitrogen and oxygen atoms in total. The van der Waals surface area contributed by atoms with Crippen LogP contribution in [-0.4, -0.2) is 36.2 Å². The SMILES string of the molecule is CC(CO)Cn1cc(S(C)(=O)=O)cn1. The lowest BCUT2D eigenvalue weighted by Gasteiger charge is -2.06. The zero-order valence-corrected chi connectivity index (χ0v) is 9.03. The van der Waals surface area contributed by atoms with E-state index in [1.165, 1.54) is 17.1 Å². The molecule has 0 saturated heterocycles. The third kappa shape index (κ3) is 2.81. The lowest BCUT2D eigenvalue weighted by Crippen LogP contribution is -2.11. The average molecular weight is 218 g/mol. The minimum absolute atomic E-state index is 0.0636. The fourth-order valence-corrected chi connectivity index (χ4v) is 1.56. The Morgan fingerprint density at radius 2 is 2.29 bits per heavy atom. The Labute approximate surface area is 83.3 Å². The van der Waals surface area contributed by atoms with Gasteiger partial charge in [0.15, 0.2) is 9.84 Å². The summed E-state index contributed by atoms with van der Waals surface area (Å²) in [7, 11) is -3.17. The zero-order chi connectivity index (χ0) is 10.8. The molecule has 0 aliphatic heterocycles. The molecule has 0 spiro atoms. The molecule has 1 unspecified atom stereocenters. The van der Waals surface area contributed by atoms with Crippen molar-refractivity contribution in [1.29, 1.82) is 0 Å². The molecule has 80 valence electrons. The van der Waals surface area contributed by atoms with E-state index in [1.54, 1.807) is 0 Å². The largest absolute Gasteiger partial charge is 0.396 e. The highest BCUT2D eigenvalue weighted by Gasteiger charge is 2.10. The number of aromatic nitrogens is 2. The summed E-state index contributed by atoms with van der Waals surface area (Å²) in [6.45, 7) is 2.45. The molecule has 1 heterocycles. The molecule has 1 atom stereocenters. The zero-order valence-electron chi connectivity index (χ0n) is 8.21. The van der Waals surface area contributed by atoms with E-state index in [4.69, 9.17) is 5.11 Å². The van der Waals surface area contributed by atoms with Gasteiger partial charge in [-0.2, -0.15) is 5.10 Å². The van der Waals surface area contributed by atoms with Crippen LogP contribution in [0.15, 0.2) is 17.3 Å². The smallest absolute Gasteiger partial charge is 0.178 e. The van der Waals surface area contributed by atoms with Gasteiger partial charge in [0, 0.05) is 25.6 Å². The predicted molar refractivity (Wildman–Crippen MR) is 51.6 cm³/mol. The van der Waals surface area contributed by atoms with Crippen LogP contribution in [0, 0.1) is 5.92 Å². The standard InChI is InChI=1S/C8H14N2O3S/c1-7(6-11)4-10-5-8(3-9-10)14(2,12)13/h3,5,7,11H,4,6H2,1-2H3. The lowest BCUT2D eigenvalue weighted by atomic mass is 10.2. The molecule has 1 aromatic heterocycles. The molecule has 14 heavy (non-hydrogen) atoms. The van der Waals surface area contributed by atoms with Crippen LogP contribution >= 0.6 is 0 Å². The quantitative estimate of drug-likeness (QED) is 0.767. The molecular weight excluding hydrogens is 204 g/mol. The molecule has 6 heteroatoms. The van der Waals surface area contributed by atoms with Crippen molar-refractivity contribution in [2.45, 2.75) is 18.4 Å². The van der Waals surface area contributed by atoms with E-state index in [1.807, 2.05) is 6.92 Å². The van der Waals surface area contributed by atoms with Crippen LogP contribution in [0.1, 0.15) is 6.92 Å². The van der Waals surface area contributed by atoms with Gasteiger partial charge in [-0.25, -0.2) is 8.42 Å². The number of aliphatic hydroxyl groups excluding tert-OH is 1. The summed E-state index contributed by atoms with van der Waals surface area (Å²) in [6.07, 6.45) is 3.94. The lowest BCUT2D eigenvalue weighted by molar-refractivity contribution is 0.219. The van der Waals surface area contributed by atoms with Crippen LogP contribution < -0.4 is 0 Å². The Hall–Kier alpha value is -0.880. The fraction of sp³-hybridized carbons (Fsp3) is 0.625. The Kier molecular flexibility index (Phi) is 3.28. The number of rotatable bonds is 4. The molecule has 0 amide bonds. The van der Waals surface area contributed by atoms with E-state index in [9.17, 15) is 8.42 Å². The first-order chi connectivity index (χ1) is 6.43. The van der Waals surface area contributed by atoms with Crippen molar-refractivity contribution >= 4 is 9.84 Å². The van der Waals surface area contributed by atoms with Crippen molar-refractivity contribution in [1.82, 2.24) is 9.78 Å². The van der Waals surface area contributed by atoms with E-state index in [-0.39, 0.29) is 17.4 Å². The second kappa shape index (κ2) is 4.10. The van der Waals surface area contributed by atoms with Crippen molar-refractivity contribution in [2.75, 3.05) is 12.9 Å². The van der Waals surface area contributed by atoms with Crippen molar-refractivity contribution in [3.8, 4) is 0 Å². The summed E-state index contributed by atoms with van der Waals surface area (Å²) in [4.78, 5) is 0.211. The molecule has 0 bridgehead atoms. The first-order valence-electron chi connectivity index (χ1n) is 4.27. The van der Waals surface area contributed by atoms with Crippen LogP contribution in [0.5, 0.6) is 0 Å². The molecule has 0 radical (unpaired) electrons. The molecule has 0 saturated carbocycles. The molecule has 0 aliphatic rings.